The van der Waals surface area contributed by atoms with Gasteiger partial charge >= 0.3 is 0 Å². The first-order chi connectivity index (χ1) is 16.1. The van der Waals surface area contributed by atoms with Gasteiger partial charge in [0.1, 0.15) is 17.6 Å². The zero-order valence-electron chi connectivity index (χ0n) is 18.5. The highest BCUT2D eigenvalue weighted by Gasteiger charge is 2.37. The number of nitrogens with one attached hydrogen (secondary N) is 1. The van der Waals surface area contributed by atoms with E-state index in [1.165, 1.54) is 29.4 Å². The third kappa shape index (κ3) is 5.08. The fourth-order valence-electron chi connectivity index (χ4n) is 4.24. The van der Waals surface area contributed by atoms with Gasteiger partial charge in [0.25, 0.3) is 5.91 Å². The third-order valence-electron chi connectivity index (χ3n) is 5.77. The Labute approximate surface area is 192 Å². The van der Waals surface area contributed by atoms with Crippen LogP contribution < -0.4 is 15.0 Å². The van der Waals surface area contributed by atoms with Crippen LogP contribution in [0.15, 0.2) is 71.3 Å². The standard InChI is InChI=1S/C26H27FN2O4/c1-2-32-20-12-7-11-19(17-20)29(26(31)23-15-8-16-33-23)24(21-13-5-6-14-22(21)27)25(30)28-18-9-3-4-10-18/h5-8,11-18,24H,2-4,9-10H2,1H3,(H,28,30). The van der Waals surface area contributed by atoms with E-state index < -0.39 is 23.7 Å². The van der Waals surface area contributed by atoms with Crippen LogP contribution in [0, 0.1) is 5.82 Å². The average Bonchev–Trinajstić information content (AvgIpc) is 3.53. The fraction of sp³-hybridized carbons (Fsp3) is 0.308. The van der Waals surface area contributed by atoms with Crippen molar-refractivity contribution in [2.24, 2.45) is 0 Å². The van der Waals surface area contributed by atoms with Crippen molar-refractivity contribution in [3.8, 4) is 5.75 Å². The first-order valence-corrected chi connectivity index (χ1v) is 11.2. The van der Waals surface area contributed by atoms with Gasteiger partial charge in [0.2, 0.25) is 5.91 Å². The lowest BCUT2D eigenvalue weighted by atomic mass is 10.0. The van der Waals surface area contributed by atoms with Gasteiger partial charge in [0.15, 0.2) is 5.76 Å². The number of hydrogen-bond donors (Lipinski definition) is 1. The molecule has 1 aromatic heterocycles. The van der Waals surface area contributed by atoms with Crippen molar-refractivity contribution in [2.75, 3.05) is 11.5 Å². The maximum absolute atomic E-state index is 15.0. The topological polar surface area (TPSA) is 71.8 Å². The largest absolute Gasteiger partial charge is 0.494 e. The summed E-state index contributed by atoms with van der Waals surface area (Å²) in [6.45, 7) is 2.30. The highest BCUT2D eigenvalue weighted by molar-refractivity contribution is 6.08. The molecule has 2 aromatic carbocycles. The molecule has 1 saturated carbocycles. The normalized spacial score (nSPS) is 14.6. The lowest BCUT2D eigenvalue weighted by molar-refractivity contribution is -0.123. The molecule has 1 unspecified atom stereocenters. The second-order valence-electron chi connectivity index (χ2n) is 8.00. The van der Waals surface area contributed by atoms with Crippen molar-refractivity contribution in [3.63, 3.8) is 0 Å². The van der Waals surface area contributed by atoms with E-state index in [9.17, 15) is 9.59 Å². The molecule has 1 fully saturated rings. The van der Waals surface area contributed by atoms with Crippen molar-refractivity contribution < 1.29 is 23.1 Å². The molecule has 1 aliphatic carbocycles. The lowest BCUT2D eigenvalue weighted by Gasteiger charge is -2.32. The first kappa shape index (κ1) is 22.6. The summed E-state index contributed by atoms with van der Waals surface area (Å²) in [6.07, 6.45) is 5.17. The monoisotopic (exact) mass is 450 g/mol. The molecule has 0 bridgehead atoms. The van der Waals surface area contributed by atoms with Gasteiger partial charge in [-0.1, -0.05) is 37.1 Å². The van der Waals surface area contributed by atoms with Gasteiger partial charge in [-0.15, -0.1) is 0 Å². The van der Waals surface area contributed by atoms with Crippen LogP contribution in [0.25, 0.3) is 0 Å². The Kier molecular flexibility index (Phi) is 7.07. The van der Waals surface area contributed by atoms with Crippen molar-refractivity contribution in [2.45, 2.75) is 44.7 Å². The molecule has 4 rings (SSSR count). The highest BCUT2D eigenvalue weighted by atomic mass is 19.1. The van der Waals surface area contributed by atoms with E-state index in [2.05, 4.69) is 5.32 Å². The quantitative estimate of drug-likeness (QED) is 0.508. The van der Waals surface area contributed by atoms with Gasteiger partial charge in [0, 0.05) is 23.4 Å². The Balaban J connectivity index is 1.83. The maximum Gasteiger partial charge on any atom is 0.294 e. The number of rotatable bonds is 8. The Hall–Kier alpha value is -3.61. The van der Waals surface area contributed by atoms with Crippen LogP contribution in [0.3, 0.4) is 0 Å². The number of ether oxygens (including phenoxy) is 1. The Bertz CT molecular complexity index is 1090. The molecule has 2 amide bonds. The summed E-state index contributed by atoms with van der Waals surface area (Å²) < 4.78 is 26.0. The van der Waals surface area contributed by atoms with Crippen molar-refractivity contribution >= 4 is 17.5 Å². The molecule has 172 valence electrons. The Morgan fingerprint density at radius 2 is 1.91 bits per heavy atom. The molecule has 33 heavy (non-hydrogen) atoms. The molecule has 0 aliphatic heterocycles. The summed E-state index contributed by atoms with van der Waals surface area (Å²) in [5.41, 5.74) is 0.506. The molecule has 1 heterocycles. The number of halogens is 1. The molecule has 7 heteroatoms. The Morgan fingerprint density at radius 3 is 2.61 bits per heavy atom. The fourth-order valence-corrected chi connectivity index (χ4v) is 4.24. The second-order valence-corrected chi connectivity index (χ2v) is 8.00. The van der Waals surface area contributed by atoms with Gasteiger partial charge in [-0.05, 0) is 50.1 Å². The Morgan fingerprint density at radius 1 is 1.12 bits per heavy atom. The number of benzene rings is 2. The van der Waals surface area contributed by atoms with Crippen LogP contribution in [0.5, 0.6) is 5.75 Å². The summed E-state index contributed by atoms with van der Waals surface area (Å²) >= 11 is 0. The van der Waals surface area contributed by atoms with Crippen molar-refractivity contribution in [1.82, 2.24) is 5.32 Å². The van der Waals surface area contributed by atoms with E-state index in [-0.39, 0.29) is 17.4 Å². The van der Waals surface area contributed by atoms with Crippen LogP contribution >= 0.6 is 0 Å². The smallest absolute Gasteiger partial charge is 0.294 e. The highest BCUT2D eigenvalue weighted by Crippen LogP contribution is 2.33. The number of anilines is 1. The first-order valence-electron chi connectivity index (χ1n) is 11.2. The molecule has 1 N–H and O–H groups in total. The van der Waals surface area contributed by atoms with Gasteiger partial charge in [-0.3, -0.25) is 14.5 Å². The van der Waals surface area contributed by atoms with Gasteiger partial charge in [0.05, 0.1) is 12.9 Å². The summed E-state index contributed by atoms with van der Waals surface area (Å²) in [5.74, 6) is -0.970. The molecular weight excluding hydrogens is 423 g/mol. The molecule has 3 aromatic rings. The number of carbonyl (C=O) groups is 2. The van der Waals surface area contributed by atoms with Crippen LogP contribution in [0.4, 0.5) is 10.1 Å². The van der Waals surface area contributed by atoms with Crippen molar-refractivity contribution in [1.29, 1.82) is 0 Å². The predicted molar refractivity (Wildman–Crippen MR) is 123 cm³/mol. The number of hydrogen-bond acceptors (Lipinski definition) is 4. The minimum Gasteiger partial charge on any atom is -0.494 e. The molecule has 6 nitrogen and oxygen atoms in total. The van der Waals surface area contributed by atoms with E-state index in [0.717, 1.165) is 25.7 Å². The zero-order chi connectivity index (χ0) is 23.2. The molecule has 0 radical (unpaired) electrons. The number of furan rings is 1. The predicted octanol–water partition coefficient (Wildman–Crippen LogP) is 5.26. The minimum absolute atomic E-state index is 0.00194. The molecule has 1 atom stereocenters. The molecule has 0 spiro atoms. The molecular formula is C26H27FN2O4. The van der Waals surface area contributed by atoms with Crippen molar-refractivity contribution in [3.05, 3.63) is 84.1 Å². The lowest BCUT2D eigenvalue weighted by Crippen LogP contribution is -2.46. The van der Waals surface area contributed by atoms with E-state index in [1.54, 1.807) is 42.5 Å². The summed E-state index contributed by atoms with van der Waals surface area (Å²) in [5, 5.41) is 3.03. The van der Waals surface area contributed by atoms with Crippen LogP contribution in [0.2, 0.25) is 0 Å². The summed E-state index contributed by atoms with van der Waals surface area (Å²) in [6, 6.07) is 14.8. The number of amides is 2. The van der Waals surface area contributed by atoms with Gasteiger partial charge in [-0.2, -0.15) is 0 Å². The van der Waals surface area contributed by atoms with Gasteiger partial charge in [-0.25, -0.2) is 4.39 Å². The second kappa shape index (κ2) is 10.3. The van der Waals surface area contributed by atoms with E-state index in [1.807, 2.05) is 6.92 Å². The summed E-state index contributed by atoms with van der Waals surface area (Å²) in [4.78, 5) is 28.5. The van der Waals surface area contributed by atoms with Crippen LogP contribution in [-0.4, -0.2) is 24.5 Å². The SMILES string of the molecule is CCOc1cccc(N(C(=O)c2ccco2)C(C(=O)NC2CCCC2)c2ccccc2F)c1. The molecule has 1 aliphatic rings. The van der Waals surface area contributed by atoms with E-state index in [0.29, 0.717) is 18.0 Å². The van der Waals surface area contributed by atoms with Gasteiger partial charge < -0.3 is 14.5 Å². The number of nitrogens with zero attached hydrogens (tertiary/aromatic N) is 1. The van der Waals surface area contributed by atoms with Crippen LogP contribution in [0.1, 0.15) is 54.8 Å². The average molecular weight is 451 g/mol. The maximum atomic E-state index is 15.0. The molecule has 0 saturated heterocycles. The third-order valence-corrected chi connectivity index (χ3v) is 5.77. The van der Waals surface area contributed by atoms with E-state index in [4.69, 9.17) is 9.15 Å². The van der Waals surface area contributed by atoms with E-state index >= 15 is 4.39 Å². The zero-order valence-corrected chi connectivity index (χ0v) is 18.5. The summed E-state index contributed by atoms with van der Waals surface area (Å²) in [7, 11) is 0. The number of carbonyl (C=O) groups excluding carboxylic acids is 2. The minimum atomic E-state index is -1.23. The van der Waals surface area contributed by atoms with Crippen LogP contribution in [-0.2, 0) is 4.79 Å².